The zero-order chi connectivity index (χ0) is 15.6. The molecule has 0 bridgehead atoms. The summed E-state index contributed by atoms with van der Waals surface area (Å²) in [6.45, 7) is 1.26. The van der Waals surface area contributed by atoms with E-state index in [0.29, 0.717) is 24.7 Å². The number of hydrogen-bond donors (Lipinski definition) is 0. The third-order valence-electron chi connectivity index (χ3n) is 3.20. The third-order valence-corrected chi connectivity index (χ3v) is 3.20. The van der Waals surface area contributed by atoms with Gasteiger partial charge in [0.05, 0.1) is 13.2 Å². The summed E-state index contributed by atoms with van der Waals surface area (Å²) < 4.78 is 36.4. The van der Waals surface area contributed by atoms with Crippen LogP contribution in [0.25, 0.3) is 0 Å². The molecule has 0 fully saturated rings. The minimum absolute atomic E-state index is 0.256. The lowest BCUT2D eigenvalue weighted by molar-refractivity contribution is 0.287. The predicted molar refractivity (Wildman–Crippen MR) is 82.3 cm³/mol. The number of halogens is 2. The van der Waals surface area contributed by atoms with Crippen LogP contribution < -0.4 is 9.47 Å². The quantitative estimate of drug-likeness (QED) is 0.608. The molecule has 22 heavy (non-hydrogen) atoms. The van der Waals surface area contributed by atoms with Gasteiger partial charge >= 0.3 is 0 Å². The minimum atomic E-state index is -0.256. The Morgan fingerprint density at radius 3 is 1.27 bits per heavy atom. The topological polar surface area (TPSA) is 18.5 Å². The predicted octanol–water partition coefficient (Wildman–Crippen LogP) is 4.98. The molecule has 4 heteroatoms. The SMILES string of the molecule is Fc1ccc(OCCCCCCOc2ccc(F)cc2)cc1. The Morgan fingerprint density at radius 2 is 0.909 bits per heavy atom. The molecular weight excluding hydrogens is 286 g/mol. The van der Waals surface area contributed by atoms with Crippen molar-refractivity contribution in [1.82, 2.24) is 0 Å². The molecule has 2 aromatic carbocycles. The molecule has 0 unspecified atom stereocenters. The van der Waals surface area contributed by atoms with Gasteiger partial charge in [-0.3, -0.25) is 0 Å². The normalized spacial score (nSPS) is 10.5. The van der Waals surface area contributed by atoms with E-state index < -0.39 is 0 Å². The van der Waals surface area contributed by atoms with Gasteiger partial charge in [-0.05, 0) is 74.2 Å². The molecule has 0 aromatic heterocycles. The summed E-state index contributed by atoms with van der Waals surface area (Å²) in [6, 6.07) is 12.1. The van der Waals surface area contributed by atoms with E-state index in [1.165, 1.54) is 24.3 Å². The summed E-state index contributed by atoms with van der Waals surface area (Å²) >= 11 is 0. The summed E-state index contributed by atoms with van der Waals surface area (Å²) in [5, 5.41) is 0. The molecule has 2 rings (SSSR count). The fourth-order valence-electron chi connectivity index (χ4n) is 2.00. The van der Waals surface area contributed by atoms with Crippen molar-refractivity contribution in [3.63, 3.8) is 0 Å². The smallest absolute Gasteiger partial charge is 0.123 e. The van der Waals surface area contributed by atoms with Gasteiger partial charge in [-0.1, -0.05) is 0 Å². The van der Waals surface area contributed by atoms with Gasteiger partial charge in [-0.25, -0.2) is 8.78 Å². The second kappa shape index (κ2) is 9.03. The molecule has 0 amide bonds. The van der Waals surface area contributed by atoms with Gasteiger partial charge in [0.2, 0.25) is 0 Å². The minimum Gasteiger partial charge on any atom is -0.494 e. The van der Waals surface area contributed by atoms with Crippen molar-refractivity contribution in [3.05, 3.63) is 60.2 Å². The summed E-state index contributed by atoms with van der Waals surface area (Å²) in [5.74, 6) is 0.879. The van der Waals surface area contributed by atoms with Crippen LogP contribution in [0.15, 0.2) is 48.5 Å². The summed E-state index contributed by atoms with van der Waals surface area (Å²) in [4.78, 5) is 0. The van der Waals surface area contributed by atoms with E-state index >= 15 is 0 Å². The molecule has 2 aromatic rings. The molecule has 0 saturated heterocycles. The van der Waals surface area contributed by atoms with E-state index in [9.17, 15) is 8.78 Å². The maximum Gasteiger partial charge on any atom is 0.123 e. The second-order valence-corrected chi connectivity index (χ2v) is 5.02. The van der Waals surface area contributed by atoms with Crippen LogP contribution in [-0.2, 0) is 0 Å². The molecule has 0 radical (unpaired) electrons. The molecule has 0 aliphatic rings. The van der Waals surface area contributed by atoms with E-state index in [1.807, 2.05) is 0 Å². The fraction of sp³-hybridized carbons (Fsp3) is 0.333. The first-order valence-electron chi connectivity index (χ1n) is 7.51. The van der Waals surface area contributed by atoms with Crippen molar-refractivity contribution < 1.29 is 18.3 Å². The number of rotatable bonds is 9. The first-order valence-corrected chi connectivity index (χ1v) is 7.51. The lowest BCUT2D eigenvalue weighted by Gasteiger charge is -2.07. The Bertz CT molecular complexity index is 487. The third kappa shape index (κ3) is 6.12. The van der Waals surface area contributed by atoms with Gasteiger partial charge in [-0.15, -0.1) is 0 Å². The summed E-state index contributed by atoms with van der Waals surface area (Å²) in [5.41, 5.74) is 0. The van der Waals surface area contributed by atoms with E-state index in [1.54, 1.807) is 24.3 Å². The number of unbranched alkanes of at least 4 members (excludes halogenated alkanes) is 3. The molecule has 118 valence electrons. The van der Waals surface area contributed by atoms with Crippen LogP contribution in [0, 0.1) is 11.6 Å². The van der Waals surface area contributed by atoms with Crippen molar-refractivity contribution in [2.24, 2.45) is 0 Å². The molecule has 0 aliphatic carbocycles. The van der Waals surface area contributed by atoms with Gasteiger partial charge in [0.15, 0.2) is 0 Å². The zero-order valence-electron chi connectivity index (χ0n) is 12.4. The van der Waals surface area contributed by atoms with Crippen molar-refractivity contribution in [3.8, 4) is 11.5 Å². The maximum atomic E-state index is 12.7. The standard InChI is InChI=1S/C18H20F2O2/c19-15-5-9-17(10-6-15)21-13-3-1-2-4-14-22-18-11-7-16(20)8-12-18/h5-12H,1-4,13-14H2. The van der Waals surface area contributed by atoms with Gasteiger partial charge < -0.3 is 9.47 Å². The summed E-state index contributed by atoms with van der Waals surface area (Å²) in [6.07, 6.45) is 4.00. The first kappa shape index (κ1) is 16.3. The Kier molecular flexibility index (Phi) is 6.68. The average molecular weight is 306 g/mol. The van der Waals surface area contributed by atoms with Crippen LogP contribution in [0.2, 0.25) is 0 Å². The van der Waals surface area contributed by atoms with Crippen LogP contribution in [0.5, 0.6) is 11.5 Å². The van der Waals surface area contributed by atoms with E-state index in [2.05, 4.69) is 0 Å². The number of hydrogen-bond acceptors (Lipinski definition) is 2. The zero-order valence-corrected chi connectivity index (χ0v) is 12.4. The molecular formula is C18H20F2O2. The largest absolute Gasteiger partial charge is 0.494 e. The van der Waals surface area contributed by atoms with Crippen molar-refractivity contribution in [1.29, 1.82) is 0 Å². The van der Waals surface area contributed by atoms with Crippen LogP contribution >= 0.6 is 0 Å². The van der Waals surface area contributed by atoms with Crippen molar-refractivity contribution in [2.45, 2.75) is 25.7 Å². The van der Waals surface area contributed by atoms with Gasteiger partial charge in [0, 0.05) is 0 Å². The van der Waals surface area contributed by atoms with E-state index in [-0.39, 0.29) is 11.6 Å². The highest BCUT2D eigenvalue weighted by molar-refractivity contribution is 5.22. The van der Waals surface area contributed by atoms with Gasteiger partial charge in [0.25, 0.3) is 0 Å². The molecule has 0 aliphatic heterocycles. The molecule has 0 atom stereocenters. The van der Waals surface area contributed by atoms with Crippen LogP contribution in [-0.4, -0.2) is 13.2 Å². The first-order chi connectivity index (χ1) is 10.7. The van der Waals surface area contributed by atoms with Crippen molar-refractivity contribution >= 4 is 0 Å². The molecule has 0 saturated carbocycles. The Labute approximate surface area is 129 Å². The van der Waals surface area contributed by atoms with Gasteiger partial charge in [0.1, 0.15) is 23.1 Å². The Balaban J connectivity index is 1.47. The summed E-state index contributed by atoms with van der Waals surface area (Å²) in [7, 11) is 0. The highest BCUT2D eigenvalue weighted by Crippen LogP contribution is 2.13. The lowest BCUT2D eigenvalue weighted by atomic mass is 10.2. The van der Waals surface area contributed by atoms with E-state index in [4.69, 9.17) is 9.47 Å². The van der Waals surface area contributed by atoms with Crippen LogP contribution in [0.1, 0.15) is 25.7 Å². The Hall–Kier alpha value is -2.10. The van der Waals surface area contributed by atoms with Crippen molar-refractivity contribution in [2.75, 3.05) is 13.2 Å². The fourth-order valence-corrected chi connectivity index (χ4v) is 2.00. The number of ether oxygens (including phenoxy) is 2. The molecule has 0 spiro atoms. The highest BCUT2D eigenvalue weighted by atomic mass is 19.1. The lowest BCUT2D eigenvalue weighted by Crippen LogP contribution is -2.00. The maximum absolute atomic E-state index is 12.7. The second-order valence-electron chi connectivity index (χ2n) is 5.02. The Morgan fingerprint density at radius 1 is 0.545 bits per heavy atom. The number of benzene rings is 2. The van der Waals surface area contributed by atoms with Crippen LogP contribution in [0.4, 0.5) is 8.78 Å². The highest BCUT2D eigenvalue weighted by Gasteiger charge is 1.97. The van der Waals surface area contributed by atoms with E-state index in [0.717, 1.165) is 25.7 Å². The molecule has 2 nitrogen and oxygen atoms in total. The van der Waals surface area contributed by atoms with Gasteiger partial charge in [-0.2, -0.15) is 0 Å². The average Bonchev–Trinajstić information content (AvgIpc) is 2.53. The molecule has 0 N–H and O–H groups in total. The monoisotopic (exact) mass is 306 g/mol. The molecule has 0 heterocycles. The van der Waals surface area contributed by atoms with Crippen LogP contribution in [0.3, 0.4) is 0 Å².